The van der Waals surface area contributed by atoms with Crippen LogP contribution >= 0.6 is 23.2 Å². The molecule has 2 amide bonds. The Kier molecular flexibility index (Phi) is 5.64. The summed E-state index contributed by atoms with van der Waals surface area (Å²) in [5.41, 5.74) is 0.422. The van der Waals surface area contributed by atoms with Gasteiger partial charge in [-0.15, -0.1) is 0 Å². The Bertz CT molecular complexity index is 624. The van der Waals surface area contributed by atoms with Gasteiger partial charge in [0.25, 0.3) is 5.91 Å². The first-order chi connectivity index (χ1) is 11.5. The zero-order chi connectivity index (χ0) is 17.1. The molecule has 0 aliphatic carbocycles. The lowest BCUT2D eigenvalue weighted by Gasteiger charge is -2.33. The van der Waals surface area contributed by atoms with Gasteiger partial charge in [0.05, 0.1) is 10.6 Å². The topological polar surface area (TPSA) is 58.6 Å². The molecule has 2 heterocycles. The standard InChI is InChI=1S/C17H20Cl2N2O3/c18-11-3-4-14(19)13(10-11)17(23)21-7-5-12(6-8-21)20-16(22)15-2-1-9-24-15/h3-4,10,12,15H,1-2,5-9H2,(H,20,22). The summed E-state index contributed by atoms with van der Waals surface area (Å²) in [6.45, 7) is 1.82. The van der Waals surface area contributed by atoms with Crippen LogP contribution in [-0.2, 0) is 9.53 Å². The van der Waals surface area contributed by atoms with E-state index in [-0.39, 0.29) is 24.0 Å². The van der Waals surface area contributed by atoms with E-state index in [2.05, 4.69) is 5.32 Å². The van der Waals surface area contributed by atoms with Crippen molar-refractivity contribution in [1.82, 2.24) is 10.2 Å². The molecule has 0 spiro atoms. The van der Waals surface area contributed by atoms with Crippen LogP contribution in [0.1, 0.15) is 36.0 Å². The predicted molar refractivity (Wildman–Crippen MR) is 92.5 cm³/mol. The summed E-state index contributed by atoms with van der Waals surface area (Å²) in [5, 5.41) is 3.92. The van der Waals surface area contributed by atoms with Gasteiger partial charge >= 0.3 is 0 Å². The molecule has 1 atom stereocenters. The van der Waals surface area contributed by atoms with Crippen LogP contribution in [0, 0.1) is 0 Å². The van der Waals surface area contributed by atoms with Crippen LogP contribution in [0.4, 0.5) is 0 Å². The number of carbonyl (C=O) groups is 2. The van der Waals surface area contributed by atoms with Gasteiger partial charge in [-0.1, -0.05) is 23.2 Å². The molecule has 1 N–H and O–H groups in total. The van der Waals surface area contributed by atoms with E-state index in [4.69, 9.17) is 27.9 Å². The number of ether oxygens (including phenoxy) is 1. The van der Waals surface area contributed by atoms with Crippen molar-refractivity contribution in [1.29, 1.82) is 0 Å². The van der Waals surface area contributed by atoms with Gasteiger partial charge in [0, 0.05) is 30.8 Å². The molecule has 1 aromatic carbocycles. The van der Waals surface area contributed by atoms with Crippen LogP contribution in [0.3, 0.4) is 0 Å². The fraction of sp³-hybridized carbons (Fsp3) is 0.529. The maximum absolute atomic E-state index is 12.6. The zero-order valence-corrected chi connectivity index (χ0v) is 14.8. The number of amides is 2. The fourth-order valence-corrected chi connectivity index (χ4v) is 3.51. The number of nitrogens with one attached hydrogen (secondary N) is 1. The molecule has 2 fully saturated rings. The third-order valence-electron chi connectivity index (χ3n) is 4.51. The van der Waals surface area contributed by atoms with Gasteiger partial charge in [-0.05, 0) is 43.9 Å². The van der Waals surface area contributed by atoms with Crippen LogP contribution < -0.4 is 5.32 Å². The van der Waals surface area contributed by atoms with Gasteiger partial charge in [-0.3, -0.25) is 9.59 Å². The largest absolute Gasteiger partial charge is 0.368 e. The molecule has 2 aliphatic heterocycles. The molecular formula is C17H20Cl2N2O3. The van der Waals surface area contributed by atoms with E-state index in [1.807, 2.05) is 0 Å². The molecule has 2 saturated heterocycles. The number of likely N-dealkylation sites (tertiary alicyclic amines) is 1. The number of rotatable bonds is 3. The number of carbonyl (C=O) groups excluding carboxylic acids is 2. The van der Waals surface area contributed by atoms with Crippen molar-refractivity contribution < 1.29 is 14.3 Å². The summed E-state index contributed by atoms with van der Waals surface area (Å²) in [5.74, 6) is -0.151. The lowest BCUT2D eigenvalue weighted by atomic mass is 10.0. The highest BCUT2D eigenvalue weighted by Crippen LogP contribution is 2.24. The van der Waals surface area contributed by atoms with Gasteiger partial charge in [-0.2, -0.15) is 0 Å². The molecule has 1 unspecified atom stereocenters. The second kappa shape index (κ2) is 7.72. The first-order valence-corrected chi connectivity index (χ1v) is 8.96. The van der Waals surface area contributed by atoms with Crippen molar-refractivity contribution in [2.24, 2.45) is 0 Å². The Morgan fingerprint density at radius 2 is 1.92 bits per heavy atom. The van der Waals surface area contributed by atoms with Crippen LogP contribution in [0.2, 0.25) is 10.0 Å². The van der Waals surface area contributed by atoms with E-state index in [0.29, 0.717) is 35.3 Å². The van der Waals surface area contributed by atoms with Crippen molar-refractivity contribution in [3.8, 4) is 0 Å². The Morgan fingerprint density at radius 3 is 2.58 bits per heavy atom. The molecule has 130 valence electrons. The third-order valence-corrected chi connectivity index (χ3v) is 5.07. The highest BCUT2D eigenvalue weighted by molar-refractivity contribution is 6.35. The Morgan fingerprint density at radius 1 is 1.17 bits per heavy atom. The van der Waals surface area contributed by atoms with Crippen molar-refractivity contribution in [2.75, 3.05) is 19.7 Å². The predicted octanol–water partition coefficient (Wildman–Crippen LogP) is 2.89. The minimum absolute atomic E-state index is 0.0323. The van der Waals surface area contributed by atoms with Gasteiger partial charge in [-0.25, -0.2) is 0 Å². The van der Waals surface area contributed by atoms with Crippen LogP contribution in [0.15, 0.2) is 18.2 Å². The highest BCUT2D eigenvalue weighted by Gasteiger charge is 2.29. The van der Waals surface area contributed by atoms with E-state index in [9.17, 15) is 9.59 Å². The smallest absolute Gasteiger partial charge is 0.255 e. The third kappa shape index (κ3) is 4.02. The van der Waals surface area contributed by atoms with Crippen LogP contribution in [0.25, 0.3) is 0 Å². The van der Waals surface area contributed by atoms with Gasteiger partial charge in [0.1, 0.15) is 6.10 Å². The normalized spacial score (nSPS) is 21.8. The molecular weight excluding hydrogens is 351 g/mol. The maximum Gasteiger partial charge on any atom is 0.255 e. The highest BCUT2D eigenvalue weighted by atomic mass is 35.5. The number of nitrogens with zero attached hydrogens (tertiary/aromatic N) is 1. The van der Waals surface area contributed by atoms with E-state index in [0.717, 1.165) is 25.7 Å². The summed E-state index contributed by atoms with van der Waals surface area (Å²) in [4.78, 5) is 26.4. The van der Waals surface area contributed by atoms with Crippen LogP contribution in [-0.4, -0.2) is 48.6 Å². The monoisotopic (exact) mass is 370 g/mol. The molecule has 0 aromatic heterocycles. The molecule has 5 nitrogen and oxygen atoms in total. The first-order valence-electron chi connectivity index (χ1n) is 8.21. The fourth-order valence-electron chi connectivity index (χ4n) is 3.14. The Hall–Kier alpha value is -1.30. The van der Waals surface area contributed by atoms with Gasteiger partial charge < -0.3 is 15.0 Å². The molecule has 7 heteroatoms. The van der Waals surface area contributed by atoms with Crippen LogP contribution in [0.5, 0.6) is 0 Å². The minimum atomic E-state index is -0.310. The summed E-state index contributed by atoms with van der Waals surface area (Å²) < 4.78 is 5.39. The number of hydrogen-bond donors (Lipinski definition) is 1. The van der Waals surface area contributed by atoms with E-state index < -0.39 is 0 Å². The second-order valence-corrected chi connectivity index (χ2v) is 7.04. The van der Waals surface area contributed by atoms with Crippen molar-refractivity contribution in [3.05, 3.63) is 33.8 Å². The Balaban J connectivity index is 1.53. The first kappa shape index (κ1) is 17.5. The second-order valence-electron chi connectivity index (χ2n) is 6.20. The molecule has 1 aromatic rings. The van der Waals surface area contributed by atoms with Crippen molar-refractivity contribution >= 4 is 35.0 Å². The number of hydrogen-bond acceptors (Lipinski definition) is 3. The number of piperidine rings is 1. The molecule has 3 rings (SSSR count). The molecule has 0 saturated carbocycles. The lowest BCUT2D eigenvalue weighted by molar-refractivity contribution is -0.131. The zero-order valence-electron chi connectivity index (χ0n) is 13.3. The average Bonchev–Trinajstić information content (AvgIpc) is 3.12. The number of benzene rings is 1. The summed E-state index contributed by atoms with van der Waals surface area (Å²) in [6.07, 6.45) is 2.86. The summed E-state index contributed by atoms with van der Waals surface area (Å²) in [7, 11) is 0. The summed E-state index contributed by atoms with van der Waals surface area (Å²) >= 11 is 12.1. The SMILES string of the molecule is O=C(NC1CCN(C(=O)c2cc(Cl)ccc2Cl)CC1)C1CCCO1. The molecule has 0 bridgehead atoms. The van der Waals surface area contributed by atoms with Crippen molar-refractivity contribution in [3.63, 3.8) is 0 Å². The minimum Gasteiger partial charge on any atom is -0.368 e. The van der Waals surface area contributed by atoms with Gasteiger partial charge in [0.15, 0.2) is 0 Å². The molecule has 2 aliphatic rings. The molecule has 0 radical (unpaired) electrons. The Labute approximate surface area is 151 Å². The maximum atomic E-state index is 12.6. The quantitative estimate of drug-likeness (QED) is 0.889. The van der Waals surface area contributed by atoms with E-state index in [1.54, 1.807) is 23.1 Å². The number of halogens is 2. The average molecular weight is 371 g/mol. The summed E-state index contributed by atoms with van der Waals surface area (Å²) in [6, 6.07) is 4.97. The lowest BCUT2D eigenvalue weighted by Crippen LogP contribution is -2.48. The molecule has 24 heavy (non-hydrogen) atoms. The van der Waals surface area contributed by atoms with Crippen molar-refractivity contribution in [2.45, 2.75) is 37.8 Å². The van der Waals surface area contributed by atoms with Gasteiger partial charge in [0.2, 0.25) is 5.91 Å². The van der Waals surface area contributed by atoms with E-state index in [1.165, 1.54) is 0 Å². The van der Waals surface area contributed by atoms with E-state index >= 15 is 0 Å².